The fraction of sp³-hybridized carbons (Fsp3) is 0.353. The maximum atomic E-state index is 4.52. The number of nitrogens with zero attached hydrogens (tertiary/aromatic N) is 1. The Bertz CT molecular complexity index is 528. The van der Waals surface area contributed by atoms with E-state index in [0.29, 0.717) is 12.0 Å². The van der Waals surface area contributed by atoms with E-state index in [-0.39, 0.29) is 0 Å². The van der Waals surface area contributed by atoms with E-state index in [1.54, 1.807) is 11.8 Å². The number of pyridine rings is 1. The molecule has 1 aromatic heterocycles. The lowest BCUT2D eigenvalue weighted by molar-refractivity contribution is 0.466. The van der Waals surface area contributed by atoms with Crippen LogP contribution in [0.2, 0.25) is 0 Å². The second kappa shape index (κ2) is 7.46. The van der Waals surface area contributed by atoms with Gasteiger partial charge in [0.15, 0.2) is 0 Å². The zero-order valence-corrected chi connectivity index (χ0v) is 13.2. The van der Waals surface area contributed by atoms with Gasteiger partial charge in [-0.1, -0.05) is 38.1 Å². The molecule has 0 amide bonds. The Hall–Kier alpha value is -1.32. The van der Waals surface area contributed by atoms with E-state index in [1.165, 1.54) is 10.5 Å². The Kier molecular flexibility index (Phi) is 5.62. The fourth-order valence-electron chi connectivity index (χ4n) is 2.52. The average Bonchev–Trinajstić information content (AvgIpc) is 2.53. The van der Waals surface area contributed by atoms with E-state index in [4.69, 9.17) is 0 Å². The maximum Gasteiger partial charge on any atom is 0.0450 e. The Balaban J connectivity index is 2.35. The van der Waals surface area contributed by atoms with Crippen molar-refractivity contribution in [1.29, 1.82) is 0 Å². The molecule has 1 N–H and O–H groups in total. The van der Waals surface area contributed by atoms with Crippen LogP contribution in [0.1, 0.15) is 37.1 Å². The van der Waals surface area contributed by atoms with Crippen LogP contribution >= 0.6 is 11.8 Å². The summed E-state index contributed by atoms with van der Waals surface area (Å²) < 4.78 is 0. The molecule has 0 bridgehead atoms. The smallest absolute Gasteiger partial charge is 0.0450 e. The van der Waals surface area contributed by atoms with Gasteiger partial charge in [0.2, 0.25) is 0 Å². The normalized spacial score (nSPS) is 13.9. The number of rotatable bonds is 6. The van der Waals surface area contributed by atoms with Crippen LogP contribution in [0.3, 0.4) is 0 Å². The molecule has 106 valence electrons. The summed E-state index contributed by atoms with van der Waals surface area (Å²) in [6.07, 6.45) is 4.00. The van der Waals surface area contributed by atoms with Crippen LogP contribution in [0.25, 0.3) is 0 Å². The highest BCUT2D eigenvalue weighted by molar-refractivity contribution is 7.98. The third-order valence-corrected chi connectivity index (χ3v) is 4.36. The maximum absolute atomic E-state index is 4.52. The predicted octanol–water partition coefficient (Wildman–Crippen LogP) is 4.26. The molecular weight excluding hydrogens is 264 g/mol. The summed E-state index contributed by atoms with van der Waals surface area (Å²) in [4.78, 5) is 5.85. The molecule has 0 saturated carbocycles. The third-order valence-electron chi connectivity index (χ3n) is 3.55. The van der Waals surface area contributed by atoms with E-state index in [1.807, 2.05) is 12.3 Å². The summed E-state index contributed by atoms with van der Waals surface area (Å²) >= 11 is 1.80. The van der Waals surface area contributed by atoms with Crippen LogP contribution in [-0.4, -0.2) is 17.8 Å². The molecule has 2 nitrogen and oxygen atoms in total. The average molecular weight is 286 g/mol. The van der Waals surface area contributed by atoms with Crippen molar-refractivity contribution < 1.29 is 0 Å². The van der Waals surface area contributed by atoms with E-state index >= 15 is 0 Å². The molecule has 1 heterocycles. The number of aromatic nitrogens is 1. The summed E-state index contributed by atoms with van der Waals surface area (Å²) in [6, 6.07) is 15.0. The molecule has 0 spiro atoms. The fourth-order valence-corrected chi connectivity index (χ4v) is 3.16. The van der Waals surface area contributed by atoms with Gasteiger partial charge in [-0.3, -0.25) is 4.98 Å². The molecule has 3 heteroatoms. The van der Waals surface area contributed by atoms with Gasteiger partial charge in [0, 0.05) is 28.7 Å². The van der Waals surface area contributed by atoms with Gasteiger partial charge in [-0.15, -0.1) is 11.8 Å². The minimum absolute atomic E-state index is 0.290. The van der Waals surface area contributed by atoms with Crippen molar-refractivity contribution in [2.75, 3.05) is 12.8 Å². The quantitative estimate of drug-likeness (QED) is 0.803. The third kappa shape index (κ3) is 3.41. The molecule has 20 heavy (non-hydrogen) atoms. The van der Waals surface area contributed by atoms with Crippen molar-refractivity contribution >= 4 is 11.8 Å². The summed E-state index contributed by atoms with van der Waals surface area (Å²) in [5.41, 5.74) is 2.49. The van der Waals surface area contributed by atoms with Gasteiger partial charge >= 0.3 is 0 Å². The number of hydrogen-bond acceptors (Lipinski definition) is 3. The molecule has 1 aromatic carbocycles. The first-order valence-corrected chi connectivity index (χ1v) is 8.27. The number of thioether (sulfide) groups is 1. The van der Waals surface area contributed by atoms with Gasteiger partial charge in [-0.2, -0.15) is 0 Å². The zero-order valence-electron chi connectivity index (χ0n) is 12.3. The largest absolute Gasteiger partial charge is 0.310 e. The Morgan fingerprint density at radius 3 is 2.55 bits per heavy atom. The summed E-state index contributed by atoms with van der Waals surface area (Å²) in [5, 5.41) is 3.62. The molecule has 2 rings (SSSR count). The van der Waals surface area contributed by atoms with Gasteiger partial charge in [0.05, 0.1) is 0 Å². The van der Waals surface area contributed by atoms with Gasteiger partial charge in [0.25, 0.3) is 0 Å². The second-order valence-electron chi connectivity index (χ2n) is 4.82. The SMILES string of the molecule is CCNC(c1ccccc1SC)C(C)c1ccccn1. The lowest BCUT2D eigenvalue weighted by Gasteiger charge is -2.26. The highest BCUT2D eigenvalue weighted by atomic mass is 32.2. The predicted molar refractivity (Wildman–Crippen MR) is 87.3 cm³/mol. The van der Waals surface area contributed by atoms with Crippen LogP contribution in [-0.2, 0) is 0 Å². The van der Waals surface area contributed by atoms with Gasteiger partial charge in [-0.05, 0) is 36.6 Å². The van der Waals surface area contributed by atoms with Crippen molar-refractivity contribution in [2.45, 2.75) is 30.7 Å². The lowest BCUT2D eigenvalue weighted by Crippen LogP contribution is -2.26. The Morgan fingerprint density at radius 1 is 1.15 bits per heavy atom. The lowest BCUT2D eigenvalue weighted by atomic mass is 9.91. The van der Waals surface area contributed by atoms with Crippen molar-refractivity contribution in [1.82, 2.24) is 10.3 Å². The van der Waals surface area contributed by atoms with Crippen molar-refractivity contribution in [2.24, 2.45) is 0 Å². The zero-order chi connectivity index (χ0) is 14.4. The second-order valence-corrected chi connectivity index (χ2v) is 5.67. The first-order chi connectivity index (χ1) is 9.77. The molecular formula is C17H22N2S. The number of hydrogen-bond donors (Lipinski definition) is 1. The number of benzene rings is 1. The minimum Gasteiger partial charge on any atom is -0.310 e. The number of nitrogens with one attached hydrogen (secondary N) is 1. The highest BCUT2D eigenvalue weighted by Gasteiger charge is 2.22. The first-order valence-electron chi connectivity index (χ1n) is 7.05. The minimum atomic E-state index is 0.290. The monoisotopic (exact) mass is 286 g/mol. The molecule has 0 radical (unpaired) electrons. The van der Waals surface area contributed by atoms with Gasteiger partial charge in [-0.25, -0.2) is 0 Å². The van der Waals surface area contributed by atoms with Crippen LogP contribution in [0.4, 0.5) is 0 Å². The first kappa shape index (κ1) is 15.1. The summed E-state index contributed by atoms with van der Waals surface area (Å²) in [5.74, 6) is 0.337. The van der Waals surface area contributed by atoms with Gasteiger partial charge < -0.3 is 5.32 Å². The van der Waals surface area contributed by atoms with E-state index < -0.39 is 0 Å². The molecule has 2 aromatic rings. The van der Waals surface area contributed by atoms with Gasteiger partial charge in [0.1, 0.15) is 0 Å². The Morgan fingerprint density at radius 2 is 1.90 bits per heavy atom. The van der Waals surface area contributed by atoms with E-state index in [2.05, 4.69) is 66.8 Å². The highest BCUT2D eigenvalue weighted by Crippen LogP contribution is 2.34. The van der Waals surface area contributed by atoms with Crippen molar-refractivity contribution in [3.8, 4) is 0 Å². The molecule has 0 fully saturated rings. The standard InChI is InChI=1S/C17H22N2S/c1-4-18-17(13(2)15-10-7-8-12-19-15)14-9-5-6-11-16(14)20-3/h5-13,17-18H,4H2,1-3H3. The van der Waals surface area contributed by atoms with Crippen molar-refractivity contribution in [3.63, 3.8) is 0 Å². The summed E-state index contributed by atoms with van der Waals surface area (Å²) in [6.45, 7) is 5.34. The topological polar surface area (TPSA) is 24.9 Å². The molecule has 0 aliphatic heterocycles. The Labute approximate surface area is 126 Å². The summed E-state index contributed by atoms with van der Waals surface area (Å²) in [7, 11) is 0. The van der Waals surface area contributed by atoms with Crippen LogP contribution in [0.15, 0.2) is 53.6 Å². The van der Waals surface area contributed by atoms with Crippen LogP contribution in [0, 0.1) is 0 Å². The molecule has 0 saturated heterocycles. The van der Waals surface area contributed by atoms with E-state index in [0.717, 1.165) is 12.2 Å². The van der Waals surface area contributed by atoms with E-state index in [9.17, 15) is 0 Å². The molecule has 0 aliphatic carbocycles. The molecule has 2 unspecified atom stereocenters. The van der Waals surface area contributed by atoms with Crippen LogP contribution in [0.5, 0.6) is 0 Å². The molecule has 2 atom stereocenters. The molecule has 0 aliphatic rings. The van der Waals surface area contributed by atoms with Crippen molar-refractivity contribution in [3.05, 3.63) is 59.9 Å². The van der Waals surface area contributed by atoms with Crippen LogP contribution < -0.4 is 5.32 Å². The number of likely N-dealkylation sites (N-methyl/N-ethyl adjacent to an activating group) is 1.